The van der Waals surface area contributed by atoms with Crippen LogP contribution in [0.3, 0.4) is 0 Å². The van der Waals surface area contributed by atoms with Gasteiger partial charge in [-0.2, -0.15) is 23.5 Å². The first-order valence-electron chi connectivity index (χ1n) is 41.5. The number of carbonyl (C=O) groups excluding carboxylic acids is 14. The summed E-state index contributed by atoms with van der Waals surface area (Å²) in [6, 6.07) is -13.1. The summed E-state index contributed by atoms with van der Waals surface area (Å²) in [4.78, 5) is 247. The van der Waals surface area contributed by atoms with Gasteiger partial charge in [0.1, 0.15) is 66.5 Å². The highest BCUT2D eigenvalue weighted by Gasteiger charge is 2.48. The lowest BCUT2D eigenvalue weighted by atomic mass is 10.0. The Labute approximate surface area is 702 Å². The molecular formula is C79H125N17O21S2. The Balaban J connectivity index is 1.66. The van der Waals surface area contributed by atoms with Crippen molar-refractivity contribution in [1.82, 2.24) is 68.3 Å². The number of fused-ring (bicyclic) bond motifs is 8. The zero-order valence-electron chi connectivity index (χ0n) is 68.7. The molecule has 1 aromatic carbocycles. The van der Waals surface area contributed by atoms with Crippen LogP contribution in [0.5, 0.6) is 0 Å². The number of hydrogen-bond donors (Lipinski definition) is 18. The zero-order chi connectivity index (χ0) is 87.7. The van der Waals surface area contributed by atoms with Gasteiger partial charge < -0.3 is 106 Å². The van der Waals surface area contributed by atoms with Crippen LogP contribution < -0.4 is 75.7 Å². The summed E-state index contributed by atoms with van der Waals surface area (Å²) in [5, 5.41) is 68.3. The van der Waals surface area contributed by atoms with E-state index in [0.29, 0.717) is 17.5 Å². The molecule has 0 spiro atoms. The monoisotopic (exact) mass is 1710 g/mol. The lowest BCUT2D eigenvalue weighted by molar-refractivity contribution is -0.148. The number of carboxylic acid groups (broad SMARTS) is 3. The van der Waals surface area contributed by atoms with Gasteiger partial charge in [-0.05, 0) is 88.2 Å². The average molecular weight is 1710 g/mol. The van der Waals surface area contributed by atoms with Crippen LogP contribution in [0.2, 0.25) is 0 Å². The largest absolute Gasteiger partial charge is 0.481 e. The number of carboxylic acids is 3. The maximum absolute atomic E-state index is 15.5. The summed E-state index contributed by atoms with van der Waals surface area (Å²) < 4.78 is 0. The van der Waals surface area contributed by atoms with Gasteiger partial charge in [0.15, 0.2) is 5.96 Å². The van der Waals surface area contributed by atoms with Crippen LogP contribution in [0, 0.1) is 5.92 Å². The van der Waals surface area contributed by atoms with Gasteiger partial charge in [-0.15, -0.1) is 0 Å². The number of nitrogens with zero attached hydrogens (tertiary/aromatic N) is 3. The summed E-state index contributed by atoms with van der Waals surface area (Å²) in [6.07, 6.45) is 9.18. The summed E-state index contributed by atoms with van der Waals surface area (Å²) >= 11 is 2.12. The highest BCUT2D eigenvalue weighted by atomic mass is 32.2. The van der Waals surface area contributed by atoms with E-state index in [9.17, 15) is 73.2 Å². The number of thioether (sulfide) groups is 2. The van der Waals surface area contributed by atoms with Crippen molar-refractivity contribution in [2.45, 2.75) is 304 Å². The Hall–Kier alpha value is -9.86. The molecule has 2 fully saturated rings. The van der Waals surface area contributed by atoms with E-state index in [4.69, 9.17) is 17.2 Å². The maximum Gasteiger partial charge on any atom is 0.305 e. The number of hydrogen-bond acceptors (Lipinski definition) is 21. The molecule has 21 N–H and O–H groups in total. The summed E-state index contributed by atoms with van der Waals surface area (Å²) in [6.45, 7) is 5.26. The lowest BCUT2D eigenvalue weighted by Crippen LogP contribution is -2.61. The summed E-state index contributed by atoms with van der Waals surface area (Å²) in [7, 11) is 0. The van der Waals surface area contributed by atoms with Gasteiger partial charge in [0.25, 0.3) is 0 Å². The molecule has 40 heteroatoms. The van der Waals surface area contributed by atoms with E-state index in [1.54, 1.807) is 38.1 Å². The average Bonchev–Trinajstić information content (AvgIpc) is 1.65. The lowest BCUT2D eigenvalue weighted by Gasteiger charge is -2.34. The molecule has 119 heavy (non-hydrogen) atoms. The molecule has 2 bridgehead atoms. The first-order valence-corrected chi connectivity index (χ1v) is 43.8. The number of aliphatic hydroxyl groups excluding tert-OH is 1. The molecule has 4 heterocycles. The van der Waals surface area contributed by atoms with E-state index >= 15 is 28.8 Å². The first kappa shape index (κ1) is 99.7. The fourth-order valence-electron chi connectivity index (χ4n) is 14.4. The van der Waals surface area contributed by atoms with E-state index in [0.717, 1.165) is 62.6 Å². The van der Waals surface area contributed by atoms with Gasteiger partial charge >= 0.3 is 17.9 Å². The number of carbonyl (C=O) groups is 17. The van der Waals surface area contributed by atoms with E-state index in [1.165, 1.54) is 67.6 Å². The van der Waals surface area contributed by atoms with E-state index in [-0.39, 0.29) is 93.2 Å². The maximum atomic E-state index is 15.5. The van der Waals surface area contributed by atoms with Gasteiger partial charge in [-0.1, -0.05) is 135 Å². The normalized spacial score (nSPS) is 24.4. The molecule has 1 aromatic rings. The zero-order valence-corrected chi connectivity index (χ0v) is 70.3. The van der Waals surface area contributed by atoms with Crippen molar-refractivity contribution in [1.29, 1.82) is 0 Å². The number of aliphatic imine (C=N–C) groups is 1. The number of unbranched alkanes of at least 4 members (excludes halogenated alkanes) is 14. The van der Waals surface area contributed by atoms with Crippen LogP contribution in [0.1, 0.15) is 225 Å². The van der Waals surface area contributed by atoms with Crippen LogP contribution in [0.15, 0.2) is 29.3 Å². The second-order valence-electron chi connectivity index (χ2n) is 31.2. The third-order valence-electron chi connectivity index (χ3n) is 20.8. The number of guanidine groups is 1. The van der Waals surface area contributed by atoms with Gasteiger partial charge in [0.2, 0.25) is 82.7 Å². The number of aliphatic hydroxyl groups is 1. The molecule has 0 radical (unpaired) electrons. The van der Waals surface area contributed by atoms with Gasteiger partial charge in [-0.3, -0.25) is 86.5 Å². The molecule has 0 aromatic heterocycles. The molecule has 13 atom stereocenters. The van der Waals surface area contributed by atoms with Crippen molar-refractivity contribution in [3.63, 3.8) is 0 Å². The molecule has 4 aliphatic heterocycles. The Morgan fingerprint density at radius 3 is 1.49 bits per heavy atom. The smallest absolute Gasteiger partial charge is 0.305 e. The Kier molecular flexibility index (Phi) is 44.3. The van der Waals surface area contributed by atoms with Crippen LogP contribution in [0.4, 0.5) is 0 Å². The third-order valence-corrected chi connectivity index (χ3v) is 23.0. The number of primary amides is 1. The second-order valence-corrected chi connectivity index (χ2v) is 33.3. The van der Waals surface area contributed by atoms with Crippen molar-refractivity contribution < 1.29 is 102 Å². The minimum atomic E-state index is -2.12. The predicted octanol–water partition coefficient (Wildman–Crippen LogP) is -0.0519. The van der Waals surface area contributed by atoms with Crippen molar-refractivity contribution in [2.75, 3.05) is 37.7 Å². The molecule has 38 nitrogen and oxygen atoms in total. The summed E-state index contributed by atoms with van der Waals surface area (Å²) in [5.74, 6) is -20.4. The number of benzene rings is 1. The van der Waals surface area contributed by atoms with Crippen molar-refractivity contribution in [3.05, 3.63) is 35.4 Å². The summed E-state index contributed by atoms with van der Waals surface area (Å²) in [5.41, 5.74) is 18.0. The second kappa shape index (κ2) is 52.9. The molecule has 2 saturated heterocycles. The molecule has 664 valence electrons. The predicted molar refractivity (Wildman–Crippen MR) is 441 cm³/mol. The Bertz CT molecular complexity index is 3660. The van der Waals surface area contributed by atoms with Crippen molar-refractivity contribution in [2.24, 2.45) is 28.1 Å². The SMILES string of the molecule is CCCCCCCCCCCCCCCCCC(=O)N[C@H]1C[C@H]2C(=O)N[C@@H](CCC(N)=O)C(=O)N[C@H]3CSCc4ccccc4CSC[C@H](NC(=O)[C@H](CCC(=O)O)NC(=O)CNC(=O)[C@H]([C@@H](C)O)NC(=O)[C@H](CCC(=O)O)NC(=O)[C@H](CCCN=C(N)N)NC(=O)[C@H](CC(=O)O)NC3=O)C(=O)N[C@@H](CC(C)C)C(=O)N3CCC[C@@H]3C(=O)N2C1. The fraction of sp³-hybridized carbons (Fsp3) is 0.696. The van der Waals surface area contributed by atoms with E-state index < -0.39 is 237 Å². The molecule has 5 rings (SSSR count). The van der Waals surface area contributed by atoms with Crippen LogP contribution >= 0.6 is 23.5 Å². The van der Waals surface area contributed by atoms with E-state index in [1.807, 2.05) is 0 Å². The number of nitrogens with two attached hydrogens (primary N) is 3. The third kappa shape index (κ3) is 36.3. The van der Waals surface area contributed by atoms with Crippen LogP contribution in [0.25, 0.3) is 0 Å². The minimum absolute atomic E-state index is 0.0182. The quantitative estimate of drug-likeness (QED) is 0.0241. The molecular weight excluding hydrogens is 1590 g/mol. The van der Waals surface area contributed by atoms with Gasteiger partial charge in [0.05, 0.1) is 19.1 Å². The topological polar surface area (TPSA) is 600 Å². The van der Waals surface area contributed by atoms with Crippen molar-refractivity contribution >= 4 is 130 Å². The Morgan fingerprint density at radius 1 is 0.513 bits per heavy atom. The number of nitrogens with one attached hydrogen (secondary N) is 11. The van der Waals surface area contributed by atoms with Crippen molar-refractivity contribution in [3.8, 4) is 0 Å². The first-order chi connectivity index (χ1) is 56.6. The molecule has 14 amide bonds. The van der Waals surface area contributed by atoms with Crippen LogP contribution in [-0.4, -0.2) is 253 Å². The van der Waals surface area contributed by atoms with E-state index in [2.05, 4.69) is 70.4 Å². The highest BCUT2D eigenvalue weighted by Crippen LogP contribution is 2.29. The van der Waals surface area contributed by atoms with Gasteiger partial charge in [0, 0.05) is 74.4 Å². The minimum Gasteiger partial charge on any atom is -0.481 e. The molecule has 0 unspecified atom stereocenters. The molecule has 4 aliphatic rings. The number of amides is 14. The Morgan fingerprint density at radius 2 is 0.983 bits per heavy atom. The van der Waals surface area contributed by atoms with Crippen LogP contribution in [-0.2, 0) is 93.0 Å². The highest BCUT2D eigenvalue weighted by molar-refractivity contribution is 7.99. The van der Waals surface area contributed by atoms with Gasteiger partial charge in [-0.25, -0.2) is 0 Å². The molecule has 0 saturated carbocycles. The molecule has 0 aliphatic carbocycles. The standard InChI is InChI=1S/C79H125N17O21S2/c1-5-6-7-8-9-10-11-12-13-14-15-16-17-18-19-28-62(99)85-50-38-60-75(114)89-53(29-32-61(80)98)70(109)93-57-44-118-42-48-24-20-21-25-49(48)43-119-45-58(74(113)91-56(37-46(2)3)77(116)95-36-23-27-59(95)78(117)96(60)41-50)92-69(108)52(30-33-64(101)102)86-63(100)40-84-76(115)67(47(4)97)94-71(110)54(31-34-65(103)104)88-68(107)51(26-22-35-83-79(81)82)87-72(111)55(39-66(105)106)90-73(57)112/h20-21,24-25,46-47,50-60,67,97H,5-19,22-23,26-45H2,1-4H3,(H2,80,98)(H,84,115)(H,85,99)(H,86,100)(H,87,111)(H,88,107)(H,89,114)(H,90,112)(H,91,113)(H,92,108)(H,93,109)(H,94,110)(H,101,102)(H,103,104)(H,105,106)(H4,81,82,83)/t47-,50+,51+,52+,53+,54+,55+,56+,57+,58+,59-,60+,67+/m1/s1. The fourth-order valence-corrected chi connectivity index (χ4v) is 16.6. The number of aliphatic carboxylic acids is 3. The number of rotatable bonds is 35.